The van der Waals surface area contributed by atoms with Crippen molar-refractivity contribution in [1.82, 2.24) is 9.88 Å². The van der Waals surface area contributed by atoms with Crippen molar-refractivity contribution in [3.63, 3.8) is 0 Å². The summed E-state index contributed by atoms with van der Waals surface area (Å²) in [7, 11) is 2.06. The average Bonchev–Trinajstić information content (AvgIpc) is 2.27. The summed E-state index contributed by atoms with van der Waals surface area (Å²) in [6.07, 6.45) is 4.63. The molecule has 86 valence electrons. The minimum atomic E-state index is -0.271. The molecular formula is C13H19N3. The number of rotatable bonds is 5. The van der Waals surface area contributed by atoms with Crippen LogP contribution in [0.2, 0.25) is 0 Å². The zero-order chi connectivity index (χ0) is 12.0. The van der Waals surface area contributed by atoms with Crippen LogP contribution in [-0.4, -0.2) is 30.0 Å². The first-order chi connectivity index (χ1) is 7.53. The molecule has 1 aromatic heterocycles. The van der Waals surface area contributed by atoms with Gasteiger partial charge in [-0.3, -0.25) is 4.98 Å². The lowest BCUT2D eigenvalue weighted by Gasteiger charge is -2.24. The van der Waals surface area contributed by atoms with Gasteiger partial charge in [0.1, 0.15) is 0 Å². The van der Waals surface area contributed by atoms with E-state index < -0.39 is 0 Å². The van der Waals surface area contributed by atoms with Crippen LogP contribution in [0.5, 0.6) is 0 Å². The predicted octanol–water partition coefficient (Wildman–Crippen LogP) is 2.11. The Hall–Kier alpha value is -1.40. The van der Waals surface area contributed by atoms with E-state index >= 15 is 0 Å². The van der Waals surface area contributed by atoms with Crippen molar-refractivity contribution in [1.29, 1.82) is 5.26 Å². The van der Waals surface area contributed by atoms with E-state index in [1.54, 1.807) is 0 Å². The highest BCUT2D eigenvalue weighted by Gasteiger charge is 2.18. The summed E-state index contributed by atoms with van der Waals surface area (Å²) in [5, 5.41) is 8.94. The molecule has 3 nitrogen and oxygen atoms in total. The van der Waals surface area contributed by atoms with E-state index in [0.717, 1.165) is 19.5 Å². The second kappa shape index (κ2) is 5.62. The second-order valence-electron chi connectivity index (χ2n) is 4.84. The van der Waals surface area contributed by atoms with Crippen LogP contribution in [0.4, 0.5) is 0 Å². The largest absolute Gasteiger partial charge is 0.304 e. The van der Waals surface area contributed by atoms with Gasteiger partial charge in [0.05, 0.1) is 11.5 Å². The maximum atomic E-state index is 8.94. The number of hydrogen-bond acceptors (Lipinski definition) is 3. The lowest BCUT2D eigenvalue weighted by atomic mass is 9.95. The average molecular weight is 217 g/mol. The molecule has 0 spiro atoms. The van der Waals surface area contributed by atoms with Crippen molar-refractivity contribution in [2.45, 2.75) is 20.3 Å². The van der Waals surface area contributed by atoms with Gasteiger partial charge in [-0.05, 0) is 45.0 Å². The van der Waals surface area contributed by atoms with Crippen molar-refractivity contribution in [3.05, 3.63) is 30.1 Å². The molecule has 0 aromatic carbocycles. The van der Waals surface area contributed by atoms with Gasteiger partial charge in [0.2, 0.25) is 0 Å². The Morgan fingerprint density at radius 1 is 1.38 bits per heavy atom. The van der Waals surface area contributed by atoms with Gasteiger partial charge < -0.3 is 4.90 Å². The third-order valence-electron chi connectivity index (χ3n) is 2.50. The Morgan fingerprint density at radius 3 is 2.56 bits per heavy atom. The summed E-state index contributed by atoms with van der Waals surface area (Å²) < 4.78 is 0. The van der Waals surface area contributed by atoms with Crippen LogP contribution in [-0.2, 0) is 6.42 Å². The molecule has 1 rings (SSSR count). The molecule has 0 saturated carbocycles. The minimum absolute atomic E-state index is 0.271. The fourth-order valence-electron chi connectivity index (χ4n) is 1.66. The highest BCUT2D eigenvalue weighted by Crippen LogP contribution is 2.14. The number of likely N-dealkylation sites (N-methyl/N-ethyl adjacent to an activating group) is 1. The molecule has 0 radical (unpaired) electrons. The molecule has 0 aliphatic heterocycles. The van der Waals surface area contributed by atoms with E-state index in [1.807, 2.05) is 38.4 Å². The Kier molecular flexibility index (Phi) is 4.45. The molecule has 1 aromatic rings. The third kappa shape index (κ3) is 4.41. The topological polar surface area (TPSA) is 39.9 Å². The summed E-state index contributed by atoms with van der Waals surface area (Å²) in [5.74, 6) is 0. The smallest absolute Gasteiger partial charge is 0.0697 e. The van der Waals surface area contributed by atoms with Crippen molar-refractivity contribution < 1.29 is 0 Å². The Labute approximate surface area is 97.7 Å². The zero-order valence-corrected chi connectivity index (χ0v) is 10.3. The number of aromatic nitrogens is 1. The van der Waals surface area contributed by atoms with Crippen LogP contribution in [0.15, 0.2) is 24.5 Å². The first-order valence-corrected chi connectivity index (χ1v) is 5.52. The van der Waals surface area contributed by atoms with E-state index in [4.69, 9.17) is 5.26 Å². The van der Waals surface area contributed by atoms with Gasteiger partial charge in [-0.1, -0.05) is 0 Å². The van der Waals surface area contributed by atoms with Gasteiger partial charge in [-0.15, -0.1) is 0 Å². The number of nitrogens with zero attached hydrogens (tertiary/aromatic N) is 3. The third-order valence-corrected chi connectivity index (χ3v) is 2.50. The standard InChI is InChI=1S/C13H19N3/c1-13(2,10-14)11-16(3)9-6-12-4-7-15-8-5-12/h4-5,7-8H,6,9,11H2,1-3H3. The summed E-state index contributed by atoms with van der Waals surface area (Å²) in [4.78, 5) is 6.19. The molecular weight excluding hydrogens is 198 g/mol. The van der Waals surface area contributed by atoms with Gasteiger partial charge in [0.25, 0.3) is 0 Å². The molecule has 0 unspecified atom stereocenters. The molecule has 0 N–H and O–H groups in total. The Morgan fingerprint density at radius 2 is 2.00 bits per heavy atom. The maximum Gasteiger partial charge on any atom is 0.0697 e. The summed E-state index contributed by atoms with van der Waals surface area (Å²) in [5.41, 5.74) is 1.02. The van der Waals surface area contributed by atoms with Crippen molar-refractivity contribution in [2.24, 2.45) is 5.41 Å². The van der Waals surface area contributed by atoms with Gasteiger partial charge in [0, 0.05) is 25.5 Å². The molecule has 0 atom stereocenters. The normalized spacial score (nSPS) is 11.4. The lowest BCUT2D eigenvalue weighted by molar-refractivity contribution is 0.258. The maximum absolute atomic E-state index is 8.94. The summed E-state index contributed by atoms with van der Waals surface area (Å²) in [6, 6.07) is 6.38. The first kappa shape index (κ1) is 12.7. The van der Waals surface area contributed by atoms with Crippen LogP contribution in [0.25, 0.3) is 0 Å². The monoisotopic (exact) mass is 217 g/mol. The van der Waals surface area contributed by atoms with Gasteiger partial charge >= 0.3 is 0 Å². The molecule has 0 aliphatic carbocycles. The van der Waals surface area contributed by atoms with Crippen LogP contribution in [0.3, 0.4) is 0 Å². The van der Waals surface area contributed by atoms with Crippen LogP contribution < -0.4 is 0 Å². The second-order valence-corrected chi connectivity index (χ2v) is 4.84. The molecule has 16 heavy (non-hydrogen) atoms. The highest BCUT2D eigenvalue weighted by atomic mass is 15.1. The van der Waals surface area contributed by atoms with Gasteiger partial charge in [-0.25, -0.2) is 0 Å². The van der Waals surface area contributed by atoms with E-state index in [0.29, 0.717) is 0 Å². The zero-order valence-electron chi connectivity index (χ0n) is 10.3. The molecule has 0 fully saturated rings. The van der Waals surface area contributed by atoms with Crippen LogP contribution in [0.1, 0.15) is 19.4 Å². The van der Waals surface area contributed by atoms with E-state index in [1.165, 1.54) is 5.56 Å². The number of hydrogen-bond donors (Lipinski definition) is 0. The van der Waals surface area contributed by atoms with E-state index in [2.05, 4.69) is 23.0 Å². The molecule has 3 heteroatoms. The molecule has 0 aliphatic rings. The minimum Gasteiger partial charge on any atom is -0.304 e. The fraction of sp³-hybridized carbons (Fsp3) is 0.538. The molecule has 0 saturated heterocycles. The van der Waals surface area contributed by atoms with Crippen molar-refractivity contribution in [2.75, 3.05) is 20.1 Å². The first-order valence-electron chi connectivity index (χ1n) is 5.52. The highest BCUT2D eigenvalue weighted by molar-refractivity contribution is 5.09. The lowest BCUT2D eigenvalue weighted by Crippen LogP contribution is -2.31. The number of nitriles is 1. The Bertz CT molecular complexity index is 351. The van der Waals surface area contributed by atoms with E-state index in [9.17, 15) is 0 Å². The molecule has 0 amide bonds. The van der Waals surface area contributed by atoms with Crippen LogP contribution in [0, 0.1) is 16.7 Å². The fourth-order valence-corrected chi connectivity index (χ4v) is 1.66. The molecule has 0 bridgehead atoms. The summed E-state index contributed by atoms with van der Waals surface area (Å²) in [6.45, 7) is 5.70. The van der Waals surface area contributed by atoms with Gasteiger partial charge in [0.15, 0.2) is 0 Å². The molecule has 1 heterocycles. The summed E-state index contributed by atoms with van der Waals surface area (Å²) >= 11 is 0. The predicted molar refractivity (Wildman–Crippen MR) is 64.8 cm³/mol. The van der Waals surface area contributed by atoms with Crippen molar-refractivity contribution >= 4 is 0 Å². The number of pyridine rings is 1. The van der Waals surface area contributed by atoms with Crippen LogP contribution >= 0.6 is 0 Å². The van der Waals surface area contributed by atoms with Gasteiger partial charge in [-0.2, -0.15) is 5.26 Å². The quantitative estimate of drug-likeness (QED) is 0.758. The SMILES string of the molecule is CN(CCc1ccncc1)CC(C)(C)C#N. The van der Waals surface area contributed by atoms with Crippen molar-refractivity contribution in [3.8, 4) is 6.07 Å². The Balaban J connectivity index is 2.37. The van der Waals surface area contributed by atoms with E-state index in [-0.39, 0.29) is 5.41 Å².